The van der Waals surface area contributed by atoms with Gasteiger partial charge in [-0.05, 0) is 61.9 Å². The lowest BCUT2D eigenvalue weighted by atomic mass is 9.95. The Morgan fingerprint density at radius 3 is 2.48 bits per heavy atom. The van der Waals surface area contributed by atoms with Gasteiger partial charge in [-0.2, -0.15) is 4.98 Å². The maximum absolute atomic E-state index is 13.9. The van der Waals surface area contributed by atoms with E-state index in [9.17, 15) is 4.79 Å². The van der Waals surface area contributed by atoms with Gasteiger partial charge in [0.1, 0.15) is 24.1 Å². The minimum atomic E-state index is -0.486. The molecule has 0 spiro atoms. The summed E-state index contributed by atoms with van der Waals surface area (Å²) in [6, 6.07) is 23.1. The predicted octanol–water partition coefficient (Wildman–Crippen LogP) is 6.60. The topological polar surface area (TPSA) is 90.3 Å². The smallest absolute Gasteiger partial charge is 0.255 e. The molecule has 5 rings (SSSR count). The van der Waals surface area contributed by atoms with E-state index in [0.29, 0.717) is 47.0 Å². The number of hydrogen-bond acceptors (Lipinski definition) is 7. The lowest BCUT2D eigenvalue weighted by Crippen LogP contribution is -2.31. The number of carbonyl (C=O) groups excluding carboxylic acids is 1. The summed E-state index contributed by atoms with van der Waals surface area (Å²) in [4.78, 5) is 18.5. The van der Waals surface area contributed by atoms with Crippen LogP contribution in [0.2, 0.25) is 0 Å². The largest absolute Gasteiger partial charge is 0.492 e. The molecule has 2 heterocycles. The highest BCUT2D eigenvalue weighted by Gasteiger charge is 2.34. The Hall–Kier alpha value is -4.24. The monoisotopic (exact) mass is 555 g/mol. The average molecular weight is 556 g/mol. The van der Waals surface area contributed by atoms with E-state index in [0.717, 1.165) is 22.6 Å². The van der Waals surface area contributed by atoms with Crippen molar-refractivity contribution in [1.82, 2.24) is 14.8 Å². The van der Waals surface area contributed by atoms with E-state index < -0.39 is 6.04 Å². The summed E-state index contributed by atoms with van der Waals surface area (Å²) in [5, 5.41) is 11.8. The van der Waals surface area contributed by atoms with Crippen LogP contribution in [0.25, 0.3) is 0 Å². The molecule has 0 fully saturated rings. The van der Waals surface area contributed by atoms with Crippen molar-refractivity contribution >= 4 is 29.3 Å². The lowest BCUT2D eigenvalue weighted by molar-refractivity contribution is -0.113. The second-order valence-electron chi connectivity index (χ2n) is 9.39. The van der Waals surface area contributed by atoms with Gasteiger partial charge in [0.15, 0.2) is 0 Å². The number of aromatic nitrogens is 3. The summed E-state index contributed by atoms with van der Waals surface area (Å²) in [6.07, 6.45) is 0. The Balaban J connectivity index is 1.45. The molecular weight excluding hydrogens is 522 g/mol. The third-order valence-corrected chi connectivity index (χ3v) is 7.23. The Labute approximate surface area is 238 Å². The molecule has 1 amide bonds. The molecule has 9 heteroatoms. The van der Waals surface area contributed by atoms with Gasteiger partial charge < -0.3 is 20.1 Å². The molecule has 8 nitrogen and oxygen atoms in total. The van der Waals surface area contributed by atoms with Crippen LogP contribution >= 0.6 is 11.8 Å². The van der Waals surface area contributed by atoms with Crippen molar-refractivity contribution in [2.45, 2.75) is 45.5 Å². The summed E-state index contributed by atoms with van der Waals surface area (Å²) in [5.41, 5.74) is 5.08. The minimum Gasteiger partial charge on any atom is -0.492 e. The molecule has 2 N–H and O–H groups in total. The van der Waals surface area contributed by atoms with Crippen molar-refractivity contribution in [2.75, 3.05) is 23.0 Å². The number of aryl methyl sites for hydroxylation is 1. The van der Waals surface area contributed by atoms with Crippen LogP contribution in [0.3, 0.4) is 0 Å². The summed E-state index contributed by atoms with van der Waals surface area (Å²) in [5.74, 6) is 2.57. The van der Waals surface area contributed by atoms with E-state index in [-0.39, 0.29) is 5.91 Å². The fourth-order valence-corrected chi connectivity index (χ4v) is 5.12. The number of amides is 1. The van der Waals surface area contributed by atoms with Crippen molar-refractivity contribution in [1.29, 1.82) is 0 Å². The molecule has 0 saturated heterocycles. The zero-order chi connectivity index (χ0) is 28.1. The highest BCUT2D eigenvalue weighted by Crippen LogP contribution is 2.38. The summed E-state index contributed by atoms with van der Waals surface area (Å²) < 4.78 is 13.6. The van der Waals surface area contributed by atoms with Gasteiger partial charge in [0.2, 0.25) is 11.1 Å². The van der Waals surface area contributed by atoms with Crippen molar-refractivity contribution in [3.05, 3.63) is 101 Å². The second-order valence-corrected chi connectivity index (χ2v) is 10.6. The lowest BCUT2D eigenvalue weighted by Gasteiger charge is -2.29. The molecule has 1 aliphatic rings. The zero-order valence-electron chi connectivity index (χ0n) is 23.1. The van der Waals surface area contributed by atoms with Gasteiger partial charge >= 0.3 is 0 Å². The summed E-state index contributed by atoms with van der Waals surface area (Å²) in [6.45, 7) is 8.90. The third kappa shape index (κ3) is 5.99. The molecule has 3 aromatic carbocycles. The molecule has 1 aromatic heterocycles. The Morgan fingerprint density at radius 1 is 1.00 bits per heavy atom. The van der Waals surface area contributed by atoms with Gasteiger partial charge in [-0.1, -0.05) is 72.8 Å². The van der Waals surface area contributed by atoms with E-state index in [2.05, 4.69) is 53.7 Å². The number of rotatable bonds is 10. The maximum atomic E-state index is 13.9. The first kappa shape index (κ1) is 27.3. The van der Waals surface area contributed by atoms with Crippen LogP contribution in [0.5, 0.6) is 11.5 Å². The van der Waals surface area contributed by atoms with E-state index >= 15 is 0 Å². The van der Waals surface area contributed by atoms with Gasteiger partial charge in [0.25, 0.3) is 5.91 Å². The number of thioether (sulfide) groups is 1. The molecule has 0 aliphatic carbocycles. The number of nitrogens with zero attached hydrogens (tertiary/aromatic N) is 3. The fourth-order valence-electron chi connectivity index (χ4n) is 4.56. The SMILES string of the molecule is CCOc1ccccc1NC(=O)C1=C(C)Nc2nc(SCC)nn2C1c1ccc(OCc2ccc(C)cc2)cc1. The van der Waals surface area contributed by atoms with Gasteiger partial charge in [0, 0.05) is 5.70 Å². The van der Waals surface area contributed by atoms with E-state index in [1.807, 2.05) is 62.4 Å². The fraction of sp³-hybridized carbons (Fsp3) is 0.258. The molecule has 0 radical (unpaired) electrons. The van der Waals surface area contributed by atoms with Gasteiger partial charge in [0.05, 0.1) is 17.9 Å². The standard InChI is InChI=1S/C31H33N5O3S/c1-5-38-26-10-8-7-9-25(26)33-29(37)27-21(4)32-30-34-31(40-6-2)35-36(30)28(27)23-15-17-24(18-16-23)39-19-22-13-11-20(3)12-14-22/h7-18,28H,5-6,19H2,1-4H3,(H,33,37)(H,32,34,35). The van der Waals surface area contributed by atoms with Crippen LogP contribution in [-0.4, -0.2) is 33.0 Å². The highest BCUT2D eigenvalue weighted by molar-refractivity contribution is 7.99. The van der Waals surface area contributed by atoms with E-state index in [4.69, 9.17) is 14.6 Å². The van der Waals surface area contributed by atoms with Gasteiger partial charge in [-0.15, -0.1) is 5.10 Å². The second kappa shape index (κ2) is 12.3. The first-order valence-corrected chi connectivity index (χ1v) is 14.3. The first-order chi connectivity index (χ1) is 19.5. The molecule has 0 saturated carbocycles. The van der Waals surface area contributed by atoms with E-state index in [1.54, 1.807) is 16.4 Å². The van der Waals surface area contributed by atoms with Gasteiger partial charge in [-0.3, -0.25) is 4.79 Å². The molecule has 1 aliphatic heterocycles. The maximum Gasteiger partial charge on any atom is 0.255 e. The number of nitrogens with one attached hydrogen (secondary N) is 2. The molecule has 1 unspecified atom stereocenters. The number of anilines is 2. The van der Waals surface area contributed by atoms with Crippen LogP contribution < -0.4 is 20.1 Å². The Kier molecular flexibility index (Phi) is 8.40. The number of carbonyl (C=O) groups is 1. The average Bonchev–Trinajstić information content (AvgIpc) is 3.35. The Morgan fingerprint density at radius 2 is 1.75 bits per heavy atom. The number of para-hydroxylation sites is 2. The third-order valence-electron chi connectivity index (χ3n) is 6.51. The van der Waals surface area contributed by atoms with Crippen LogP contribution in [0.1, 0.15) is 43.5 Å². The predicted molar refractivity (Wildman–Crippen MR) is 159 cm³/mol. The zero-order valence-corrected chi connectivity index (χ0v) is 23.9. The van der Waals surface area contributed by atoms with Crippen LogP contribution in [0, 0.1) is 6.92 Å². The van der Waals surface area contributed by atoms with Crippen molar-refractivity contribution in [2.24, 2.45) is 0 Å². The van der Waals surface area contributed by atoms with Crippen LogP contribution in [-0.2, 0) is 11.4 Å². The molecule has 4 aromatic rings. The number of hydrogen-bond donors (Lipinski definition) is 2. The van der Waals surface area contributed by atoms with Crippen LogP contribution in [0.15, 0.2) is 89.2 Å². The quantitative estimate of drug-likeness (QED) is 0.213. The Bertz CT molecular complexity index is 1510. The number of allylic oxidation sites excluding steroid dienone is 1. The summed E-state index contributed by atoms with van der Waals surface area (Å²) in [7, 11) is 0. The van der Waals surface area contributed by atoms with Crippen molar-refractivity contribution in [3.8, 4) is 11.5 Å². The molecular formula is C31H33N5O3S. The van der Waals surface area contributed by atoms with Crippen molar-refractivity contribution < 1.29 is 14.3 Å². The van der Waals surface area contributed by atoms with E-state index in [1.165, 1.54) is 5.56 Å². The molecule has 1 atom stereocenters. The number of fused-ring (bicyclic) bond motifs is 1. The van der Waals surface area contributed by atoms with Crippen molar-refractivity contribution in [3.63, 3.8) is 0 Å². The normalized spacial score (nSPS) is 14.3. The first-order valence-electron chi connectivity index (χ1n) is 13.4. The summed E-state index contributed by atoms with van der Waals surface area (Å²) >= 11 is 1.56. The molecule has 0 bridgehead atoms. The number of ether oxygens (including phenoxy) is 2. The molecule has 206 valence electrons. The highest BCUT2D eigenvalue weighted by atomic mass is 32.2. The molecule has 40 heavy (non-hydrogen) atoms. The minimum absolute atomic E-state index is 0.243. The van der Waals surface area contributed by atoms with Gasteiger partial charge in [-0.25, -0.2) is 4.68 Å². The number of benzene rings is 3. The van der Waals surface area contributed by atoms with Crippen LogP contribution in [0.4, 0.5) is 11.6 Å².